The van der Waals surface area contributed by atoms with Crippen LogP contribution in [0.3, 0.4) is 0 Å². The van der Waals surface area contributed by atoms with Crippen LogP contribution in [0.5, 0.6) is 0 Å². The largest absolute Gasteiger partial charge is 0.350 e. The first-order valence-electron chi connectivity index (χ1n) is 6.55. The van der Waals surface area contributed by atoms with Gasteiger partial charge in [-0.25, -0.2) is 0 Å². The van der Waals surface area contributed by atoms with Crippen molar-refractivity contribution in [1.29, 1.82) is 0 Å². The maximum Gasteiger partial charge on any atom is 0.230 e. The van der Waals surface area contributed by atoms with Crippen LogP contribution < -0.4 is 5.32 Å². The van der Waals surface area contributed by atoms with Crippen LogP contribution in [0, 0.1) is 0 Å². The van der Waals surface area contributed by atoms with E-state index in [9.17, 15) is 4.79 Å². The predicted octanol–water partition coefficient (Wildman–Crippen LogP) is 2.16. The van der Waals surface area contributed by atoms with E-state index in [2.05, 4.69) is 15.5 Å². The van der Waals surface area contributed by atoms with Gasteiger partial charge in [0.05, 0.1) is 12.3 Å². The molecule has 20 heavy (non-hydrogen) atoms. The molecule has 7 heteroatoms. The summed E-state index contributed by atoms with van der Waals surface area (Å²) in [5.41, 5.74) is 0. The van der Waals surface area contributed by atoms with Gasteiger partial charge in [-0.15, -0.1) is 21.5 Å². The number of hydrogen-bond donors (Lipinski definition) is 1. The van der Waals surface area contributed by atoms with E-state index >= 15 is 0 Å². The molecule has 0 aromatic carbocycles. The molecule has 0 radical (unpaired) electrons. The number of rotatable bonds is 6. The molecule has 1 aliphatic rings. The van der Waals surface area contributed by atoms with E-state index in [0.717, 1.165) is 15.9 Å². The quantitative estimate of drug-likeness (QED) is 0.831. The summed E-state index contributed by atoms with van der Waals surface area (Å²) in [7, 11) is 1.97. The molecule has 106 valence electrons. The number of amides is 1. The van der Waals surface area contributed by atoms with E-state index in [1.165, 1.54) is 24.6 Å². The topological polar surface area (TPSA) is 59.8 Å². The third kappa shape index (κ3) is 3.21. The standard InChI is InChI=1S/C13H16N4OS2/c1-17-12(9-4-5-9)15-16-13(17)20-8-11(18)14-7-10-3-2-6-19-10/h2-3,6,9H,4-5,7-8H2,1H3,(H,14,18). The van der Waals surface area contributed by atoms with Crippen molar-refractivity contribution >= 4 is 29.0 Å². The molecular weight excluding hydrogens is 292 g/mol. The van der Waals surface area contributed by atoms with Gasteiger partial charge in [-0.1, -0.05) is 17.8 Å². The van der Waals surface area contributed by atoms with Gasteiger partial charge >= 0.3 is 0 Å². The van der Waals surface area contributed by atoms with Gasteiger partial charge in [-0.05, 0) is 24.3 Å². The third-order valence-corrected chi connectivity index (χ3v) is 5.08. The van der Waals surface area contributed by atoms with Gasteiger partial charge in [0, 0.05) is 17.8 Å². The highest BCUT2D eigenvalue weighted by Crippen LogP contribution is 2.39. The van der Waals surface area contributed by atoms with E-state index in [-0.39, 0.29) is 5.91 Å². The monoisotopic (exact) mass is 308 g/mol. The minimum atomic E-state index is 0.0272. The van der Waals surface area contributed by atoms with Gasteiger partial charge in [0.25, 0.3) is 0 Å². The number of thioether (sulfide) groups is 1. The van der Waals surface area contributed by atoms with Crippen molar-refractivity contribution in [2.75, 3.05) is 5.75 Å². The van der Waals surface area contributed by atoms with E-state index < -0.39 is 0 Å². The van der Waals surface area contributed by atoms with Crippen LogP contribution in [0.2, 0.25) is 0 Å². The molecule has 0 bridgehead atoms. The van der Waals surface area contributed by atoms with E-state index in [4.69, 9.17) is 0 Å². The Kier molecular flexibility index (Phi) is 4.07. The summed E-state index contributed by atoms with van der Waals surface area (Å²) in [6.07, 6.45) is 2.41. The van der Waals surface area contributed by atoms with E-state index in [1.54, 1.807) is 11.3 Å². The van der Waals surface area contributed by atoms with E-state index in [1.807, 2.05) is 29.1 Å². The summed E-state index contributed by atoms with van der Waals surface area (Å²) in [6, 6.07) is 4.00. The molecule has 1 fully saturated rings. The van der Waals surface area contributed by atoms with Gasteiger partial charge in [0.2, 0.25) is 5.91 Å². The first-order valence-corrected chi connectivity index (χ1v) is 8.41. The molecule has 1 aliphatic carbocycles. The van der Waals surface area contributed by atoms with Crippen LogP contribution in [0.15, 0.2) is 22.7 Å². The number of aromatic nitrogens is 3. The highest BCUT2D eigenvalue weighted by molar-refractivity contribution is 7.99. The zero-order chi connectivity index (χ0) is 13.9. The zero-order valence-corrected chi connectivity index (χ0v) is 12.8. The van der Waals surface area contributed by atoms with Crippen LogP contribution in [0.4, 0.5) is 0 Å². The van der Waals surface area contributed by atoms with Crippen LogP contribution >= 0.6 is 23.1 Å². The molecule has 1 saturated carbocycles. The number of carbonyl (C=O) groups excluding carboxylic acids is 1. The maximum atomic E-state index is 11.8. The summed E-state index contributed by atoms with van der Waals surface area (Å²) < 4.78 is 2.01. The van der Waals surface area contributed by atoms with Gasteiger partial charge in [0.1, 0.15) is 5.82 Å². The lowest BCUT2D eigenvalue weighted by atomic mass is 10.4. The molecule has 0 atom stereocenters. The Morgan fingerprint density at radius 1 is 1.55 bits per heavy atom. The molecule has 0 unspecified atom stereocenters. The lowest BCUT2D eigenvalue weighted by Gasteiger charge is -2.04. The molecule has 5 nitrogen and oxygen atoms in total. The minimum Gasteiger partial charge on any atom is -0.350 e. The number of nitrogens with one attached hydrogen (secondary N) is 1. The zero-order valence-electron chi connectivity index (χ0n) is 11.2. The summed E-state index contributed by atoms with van der Waals surface area (Å²) in [6.45, 7) is 0.600. The number of thiophene rings is 1. The van der Waals surface area contributed by atoms with Crippen molar-refractivity contribution in [3.05, 3.63) is 28.2 Å². The molecule has 0 aliphatic heterocycles. The Bertz CT molecular complexity index is 590. The SMILES string of the molecule is Cn1c(SCC(=O)NCc2cccs2)nnc1C1CC1. The highest BCUT2D eigenvalue weighted by atomic mass is 32.2. The van der Waals surface area contributed by atoms with Crippen LogP contribution in [0.1, 0.15) is 29.5 Å². The molecule has 1 N–H and O–H groups in total. The summed E-state index contributed by atoms with van der Waals surface area (Å²) in [5.74, 6) is 2.03. The second kappa shape index (κ2) is 5.97. The van der Waals surface area contributed by atoms with Crippen molar-refractivity contribution < 1.29 is 4.79 Å². The normalized spacial score (nSPS) is 14.4. The maximum absolute atomic E-state index is 11.8. The summed E-state index contributed by atoms with van der Waals surface area (Å²) in [4.78, 5) is 13.0. The molecule has 3 rings (SSSR count). The minimum absolute atomic E-state index is 0.0272. The number of nitrogens with zero attached hydrogens (tertiary/aromatic N) is 3. The first-order chi connectivity index (χ1) is 9.74. The van der Waals surface area contributed by atoms with Gasteiger partial charge in [-0.3, -0.25) is 4.79 Å². The molecular formula is C13H16N4OS2. The molecule has 2 aromatic heterocycles. The van der Waals surface area contributed by atoms with Crippen LogP contribution in [0.25, 0.3) is 0 Å². The van der Waals surface area contributed by atoms with Crippen molar-refractivity contribution in [2.45, 2.75) is 30.5 Å². The average molecular weight is 308 g/mol. The van der Waals surface area contributed by atoms with E-state index in [0.29, 0.717) is 18.2 Å². The molecule has 2 heterocycles. The van der Waals surface area contributed by atoms with Gasteiger partial charge in [-0.2, -0.15) is 0 Å². The lowest BCUT2D eigenvalue weighted by Crippen LogP contribution is -2.24. The fourth-order valence-electron chi connectivity index (χ4n) is 1.93. The van der Waals surface area contributed by atoms with Gasteiger partial charge in [0.15, 0.2) is 5.16 Å². The van der Waals surface area contributed by atoms with Crippen LogP contribution in [-0.4, -0.2) is 26.4 Å². The summed E-state index contributed by atoms with van der Waals surface area (Å²) >= 11 is 3.09. The Labute approximate surface area is 125 Å². The Hall–Kier alpha value is -1.34. The third-order valence-electron chi connectivity index (χ3n) is 3.18. The molecule has 2 aromatic rings. The number of carbonyl (C=O) groups is 1. The Morgan fingerprint density at radius 3 is 3.10 bits per heavy atom. The predicted molar refractivity (Wildman–Crippen MR) is 79.9 cm³/mol. The first kappa shape index (κ1) is 13.6. The Balaban J connectivity index is 1.47. The van der Waals surface area contributed by atoms with Crippen molar-refractivity contribution in [1.82, 2.24) is 20.1 Å². The smallest absolute Gasteiger partial charge is 0.230 e. The number of hydrogen-bond acceptors (Lipinski definition) is 5. The highest BCUT2D eigenvalue weighted by Gasteiger charge is 2.29. The fraction of sp³-hybridized carbons (Fsp3) is 0.462. The van der Waals surface area contributed by atoms with Gasteiger partial charge < -0.3 is 9.88 Å². The van der Waals surface area contributed by atoms with Crippen molar-refractivity contribution in [3.8, 4) is 0 Å². The second-order valence-electron chi connectivity index (χ2n) is 4.82. The van der Waals surface area contributed by atoms with Crippen molar-refractivity contribution in [3.63, 3.8) is 0 Å². The average Bonchev–Trinajstić information content (AvgIpc) is 3.02. The fourth-order valence-corrected chi connectivity index (χ4v) is 3.32. The van der Waals surface area contributed by atoms with Crippen LogP contribution in [-0.2, 0) is 18.4 Å². The molecule has 0 saturated heterocycles. The Morgan fingerprint density at radius 2 is 2.40 bits per heavy atom. The summed E-state index contributed by atoms with van der Waals surface area (Å²) in [5, 5.41) is 14.1. The van der Waals surface area contributed by atoms with Crippen molar-refractivity contribution in [2.24, 2.45) is 7.05 Å². The molecule has 1 amide bonds. The molecule has 0 spiro atoms. The second-order valence-corrected chi connectivity index (χ2v) is 6.79. The lowest BCUT2D eigenvalue weighted by molar-refractivity contribution is -0.118.